The summed E-state index contributed by atoms with van der Waals surface area (Å²) in [6, 6.07) is 3.94. The van der Waals surface area contributed by atoms with Crippen LogP contribution in [-0.2, 0) is 6.54 Å². The molecule has 0 radical (unpaired) electrons. The fourth-order valence-electron chi connectivity index (χ4n) is 1.10. The van der Waals surface area contributed by atoms with E-state index >= 15 is 0 Å². The fourth-order valence-corrected chi connectivity index (χ4v) is 2.61. The van der Waals surface area contributed by atoms with Gasteiger partial charge in [0.2, 0.25) is 0 Å². The van der Waals surface area contributed by atoms with E-state index in [9.17, 15) is 0 Å². The zero-order chi connectivity index (χ0) is 11.3. The summed E-state index contributed by atoms with van der Waals surface area (Å²) in [6.45, 7) is 3.05. The molecule has 0 aliphatic rings. The lowest BCUT2D eigenvalue weighted by atomic mass is 10.2. The quantitative estimate of drug-likeness (QED) is 0.853. The normalized spacial score (nSPS) is 10.9. The SMILES string of the molecule is C/C=C/COc1c(Br)cc(CN)cc1Br. The summed E-state index contributed by atoms with van der Waals surface area (Å²) in [4.78, 5) is 0. The van der Waals surface area contributed by atoms with Crippen LogP contribution in [0.3, 0.4) is 0 Å². The Morgan fingerprint density at radius 3 is 2.40 bits per heavy atom. The van der Waals surface area contributed by atoms with Gasteiger partial charge < -0.3 is 10.5 Å². The highest BCUT2D eigenvalue weighted by atomic mass is 79.9. The van der Waals surface area contributed by atoms with Gasteiger partial charge in [-0.25, -0.2) is 0 Å². The van der Waals surface area contributed by atoms with Crippen molar-refractivity contribution >= 4 is 31.9 Å². The van der Waals surface area contributed by atoms with Gasteiger partial charge in [0.15, 0.2) is 0 Å². The monoisotopic (exact) mass is 333 g/mol. The van der Waals surface area contributed by atoms with Gasteiger partial charge >= 0.3 is 0 Å². The summed E-state index contributed by atoms with van der Waals surface area (Å²) >= 11 is 6.91. The van der Waals surface area contributed by atoms with Crippen molar-refractivity contribution < 1.29 is 4.74 Å². The first-order valence-electron chi connectivity index (χ1n) is 4.61. The largest absolute Gasteiger partial charge is 0.487 e. The molecule has 0 bridgehead atoms. The van der Waals surface area contributed by atoms with Crippen molar-refractivity contribution in [3.63, 3.8) is 0 Å². The molecule has 2 N–H and O–H groups in total. The molecule has 0 heterocycles. The smallest absolute Gasteiger partial charge is 0.148 e. The Morgan fingerprint density at radius 1 is 1.33 bits per heavy atom. The van der Waals surface area contributed by atoms with Crippen LogP contribution >= 0.6 is 31.9 Å². The number of ether oxygens (including phenoxy) is 1. The first-order valence-corrected chi connectivity index (χ1v) is 6.19. The maximum atomic E-state index is 5.59. The zero-order valence-corrected chi connectivity index (χ0v) is 11.6. The second-order valence-electron chi connectivity index (χ2n) is 2.97. The van der Waals surface area contributed by atoms with Gasteiger partial charge in [-0.2, -0.15) is 0 Å². The average molecular weight is 335 g/mol. The van der Waals surface area contributed by atoms with Crippen LogP contribution in [0, 0.1) is 0 Å². The maximum Gasteiger partial charge on any atom is 0.148 e. The second-order valence-corrected chi connectivity index (χ2v) is 4.68. The van der Waals surface area contributed by atoms with Crippen LogP contribution in [-0.4, -0.2) is 6.61 Å². The molecule has 0 atom stereocenters. The van der Waals surface area contributed by atoms with Gasteiger partial charge in [0.05, 0.1) is 8.95 Å². The van der Waals surface area contributed by atoms with Crippen LogP contribution in [0.5, 0.6) is 5.75 Å². The van der Waals surface area contributed by atoms with Crippen molar-refractivity contribution in [1.29, 1.82) is 0 Å². The van der Waals surface area contributed by atoms with Crippen molar-refractivity contribution in [3.05, 3.63) is 38.8 Å². The van der Waals surface area contributed by atoms with Crippen LogP contribution in [0.25, 0.3) is 0 Å². The van der Waals surface area contributed by atoms with Crippen molar-refractivity contribution in [2.75, 3.05) is 6.61 Å². The molecule has 0 aliphatic heterocycles. The highest BCUT2D eigenvalue weighted by molar-refractivity contribution is 9.11. The molecule has 0 aliphatic carbocycles. The number of hydrogen-bond acceptors (Lipinski definition) is 2. The predicted molar refractivity (Wildman–Crippen MR) is 70.0 cm³/mol. The average Bonchev–Trinajstić information content (AvgIpc) is 2.22. The van der Waals surface area contributed by atoms with Gasteiger partial charge in [0.25, 0.3) is 0 Å². The lowest BCUT2D eigenvalue weighted by Gasteiger charge is -2.10. The first kappa shape index (κ1) is 12.7. The summed E-state index contributed by atoms with van der Waals surface area (Å²) in [5.74, 6) is 0.810. The molecule has 0 spiro atoms. The molecule has 1 aromatic rings. The number of hydrogen-bond donors (Lipinski definition) is 1. The van der Waals surface area contributed by atoms with Crippen molar-refractivity contribution in [2.45, 2.75) is 13.5 Å². The topological polar surface area (TPSA) is 35.2 Å². The molecular weight excluding hydrogens is 322 g/mol. The molecule has 0 saturated carbocycles. The Labute approximate surface area is 107 Å². The maximum absolute atomic E-state index is 5.59. The Morgan fingerprint density at radius 2 is 1.93 bits per heavy atom. The first-order chi connectivity index (χ1) is 7.19. The van der Waals surface area contributed by atoms with E-state index < -0.39 is 0 Å². The minimum Gasteiger partial charge on any atom is -0.487 e. The Kier molecular flexibility index (Phi) is 5.36. The highest BCUT2D eigenvalue weighted by Crippen LogP contribution is 2.34. The highest BCUT2D eigenvalue weighted by Gasteiger charge is 2.07. The van der Waals surface area contributed by atoms with Gasteiger partial charge in [-0.05, 0) is 56.5 Å². The number of halogens is 2. The molecule has 1 aromatic carbocycles. The molecule has 0 unspecified atom stereocenters. The van der Waals surface area contributed by atoms with Crippen molar-refractivity contribution in [1.82, 2.24) is 0 Å². The number of rotatable bonds is 4. The van der Waals surface area contributed by atoms with Crippen LogP contribution < -0.4 is 10.5 Å². The molecule has 2 nitrogen and oxygen atoms in total. The van der Waals surface area contributed by atoms with Gasteiger partial charge in [0.1, 0.15) is 12.4 Å². The van der Waals surface area contributed by atoms with Crippen molar-refractivity contribution in [2.24, 2.45) is 5.73 Å². The molecular formula is C11H13Br2NO. The standard InChI is InChI=1S/C11H13Br2NO/c1-2-3-4-15-11-9(12)5-8(7-14)6-10(11)13/h2-3,5-6H,4,7,14H2,1H3/b3-2+. The van der Waals surface area contributed by atoms with Crippen LogP contribution in [0.4, 0.5) is 0 Å². The molecule has 4 heteroatoms. The molecule has 0 fully saturated rings. The van der Waals surface area contributed by atoms with E-state index in [0.29, 0.717) is 13.2 Å². The molecule has 82 valence electrons. The van der Waals surface area contributed by atoms with E-state index in [1.165, 1.54) is 0 Å². The lowest BCUT2D eigenvalue weighted by Crippen LogP contribution is -1.99. The Balaban J connectivity index is 2.88. The van der Waals surface area contributed by atoms with Crippen LogP contribution in [0.2, 0.25) is 0 Å². The van der Waals surface area contributed by atoms with Crippen molar-refractivity contribution in [3.8, 4) is 5.75 Å². The molecule has 15 heavy (non-hydrogen) atoms. The van der Waals surface area contributed by atoms with E-state index in [0.717, 1.165) is 20.3 Å². The molecule has 1 rings (SSSR count). The van der Waals surface area contributed by atoms with E-state index in [4.69, 9.17) is 10.5 Å². The number of benzene rings is 1. The van der Waals surface area contributed by atoms with E-state index in [1.54, 1.807) is 0 Å². The minimum atomic E-state index is 0.520. The van der Waals surface area contributed by atoms with Gasteiger partial charge in [-0.15, -0.1) is 0 Å². The van der Waals surface area contributed by atoms with Crippen LogP contribution in [0.1, 0.15) is 12.5 Å². The third-order valence-electron chi connectivity index (χ3n) is 1.85. The van der Waals surface area contributed by atoms with Gasteiger partial charge in [0, 0.05) is 6.54 Å². The van der Waals surface area contributed by atoms with Gasteiger partial charge in [-0.3, -0.25) is 0 Å². The molecule has 0 amide bonds. The number of nitrogens with two attached hydrogens (primary N) is 1. The second kappa shape index (κ2) is 6.30. The van der Waals surface area contributed by atoms with Gasteiger partial charge in [-0.1, -0.05) is 12.2 Å². The lowest BCUT2D eigenvalue weighted by molar-refractivity contribution is 0.358. The molecule has 0 saturated heterocycles. The fraction of sp³-hybridized carbons (Fsp3) is 0.273. The van der Waals surface area contributed by atoms with Crippen LogP contribution in [0.15, 0.2) is 33.2 Å². The summed E-state index contributed by atoms with van der Waals surface area (Å²) in [6.07, 6.45) is 3.91. The van der Waals surface area contributed by atoms with E-state index in [-0.39, 0.29) is 0 Å². The third kappa shape index (κ3) is 3.63. The van der Waals surface area contributed by atoms with E-state index in [2.05, 4.69) is 31.9 Å². The third-order valence-corrected chi connectivity index (χ3v) is 3.03. The predicted octanol–water partition coefficient (Wildman–Crippen LogP) is 3.63. The Hall–Kier alpha value is -0.320. The minimum absolute atomic E-state index is 0.520. The molecule has 0 aromatic heterocycles. The number of allylic oxidation sites excluding steroid dienone is 1. The summed E-state index contributed by atoms with van der Waals surface area (Å²) in [5.41, 5.74) is 6.63. The summed E-state index contributed by atoms with van der Waals surface area (Å²) in [7, 11) is 0. The summed E-state index contributed by atoms with van der Waals surface area (Å²) in [5, 5.41) is 0. The zero-order valence-electron chi connectivity index (χ0n) is 8.47. The summed E-state index contributed by atoms with van der Waals surface area (Å²) < 4.78 is 7.42. The van der Waals surface area contributed by atoms with E-state index in [1.807, 2.05) is 31.2 Å². The Bertz CT molecular complexity index is 341.